The van der Waals surface area contributed by atoms with Crippen molar-refractivity contribution in [2.75, 3.05) is 13.1 Å². The summed E-state index contributed by atoms with van der Waals surface area (Å²) in [6.07, 6.45) is 2.18. The van der Waals surface area contributed by atoms with Crippen molar-refractivity contribution in [2.24, 2.45) is 0 Å². The van der Waals surface area contributed by atoms with Crippen LogP contribution in [0.2, 0.25) is 0 Å². The van der Waals surface area contributed by atoms with Crippen LogP contribution in [-0.4, -0.2) is 35.1 Å². The Bertz CT molecular complexity index is 781. The van der Waals surface area contributed by atoms with E-state index in [1.807, 2.05) is 48.2 Å². The Morgan fingerprint density at radius 1 is 1.04 bits per heavy atom. The minimum Gasteiger partial charge on any atom is -0.351 e. The van der Waals surface area contributed by atoms with Crippen molar-refractivity contribution in [2.45, 2.75) is 43.4 Å². The van der Waals surface area contributed by atoms with E-state index in [9.17, 15) is 9.59 Å². The number of benzene rings is 2. The van der Waals surface area contributed by atoms with E-state index in [1.54, 1.807) is 11.8 Å². The molecule has 0 aromatic heterocycles. The van der Waals surface area contributed by atoms with Crippen LogP contribution in [0.1, 0.15) is 41.3 Å². The molecule has 1 fully saturated rings. The van der Waals surface area contributed by atoms with Crippen molar-refractivity contribution < 1.29 is 9.59 Å². The minimum atomic E-state index is -0.163. The first-order valence-corrected chi connectivity index (χ1v) is 10.3. The third-order valence-corrected chi connectivity index (χ3v) is 5.88. The van der Waals surface area contributed by atoms with Crippen molar-refractivity contribution in [1.29, 1.82) is 0 Å². The largest absolute Gasteiger partial charge is 0.351 e. The first-order valence-electron chi connectivity index (χ1n) is 9.42. The molecular weight excluding hydrogens is 356 g/mol. The molecule has 1 aliphatic heterocycles. The second-order valence-corrected chi connectivity index (χ2v) is 8.40. The Morgan fingerprint density at radius 3 is 2.30 bits per heavy atom. The van der Waals surface area contributed by atoms with Gasteiger partial charge in [-0.1, -0.05) is 29.8 Å². The van der Waals surface area contributed by atoms with Gasteiger partial charge in [-0.15, -0.1) is 11.8 Å². The lowest BCUT2D eigenvalue weighted by Crippen LogP contribution is -2.30. The van der Waals surface area contributed by atoms with Crippen LogP contribution in [0.5, 0.6) is 0 Å². The van der Waals surface area contributed by atoms with Gasteiger partial charge in [0.15, 0.2) is 0 Å². The number of nitrogens with zero attached hydrogens (tertiary/aromatic N) is 1. The molecule has 1 aliphatic rings. The third-order valence-electron chi connectivity index (χ3n) is 4.76. The van der Waals surface area contributed by atoms with Crippen molar-refractivity contribution in [3.8, 4) is 0 Å². The SMILES string of the molecule is Cc1ccc(S[C@@H](C)C(=O)NCc2ccc(C(=O)N3CCCC3)cc2)cc1. The maximum Gasteiger partial charge on any atom is 0.253 e. The van der Waals surface area contributed by atoms with E-state index in [0.29, 0.717) is 6.54 Å². The van der Waals surface area contributed by atoms with E-state index >= 15 is 0 Å². The Hall–Kier alpha value is -2.27. The van der Waals surface area contributed by atoms with Crippen LogP contribution in [0.15, 0.2) is 53.4 Å². The van der Waals surface area contributed by atoms with Crippen LogP contribution < -0.4 is 5.32 Å². The molecule has 1 heterocycles. The molecule has 2 aromatic rings. The number of carbonyl (C=O) groups excluding carboxylic acids is 2. The molecule has 27 heavy (non-hydrogen) atoms. The molecular formula is C22H26N2O2S. The van der Waals surface area contributed by atoms with E-state index < -0.39 is 0 Å². The summed E-state index contributed by atoms with van der Waals surface area (Å²) in [5, 5.41) is 2.82. The van der Waals surface area contributed by atoms with Crippen LogP contribution in [0.25, 0.3) is 0 Å². The summed E-state index contributed by atoms with van der Waals surface area (Å²) in [7, 11) is 0. The second-order valence-electron chi connectivity index (χ2n) is 6.99. The van der Waals surface area contributed by atoms with Crippen LogP contribution >= 0.6 is 11.8 Å². The quantitative estimate of drug-likeness (QED) is 0.768. The number of carbonyl (C=O) groups is 2. The molecule has 0 saturated carbocycles. The molecule has 3 rings (SSSR count). The van der Waals surface area contributed by atoms with Gasteiger partial charge in [-0.25, -0.2) is 0 Å². The average molecular weight is 383 g/mol. The topological polar surface area (TPSA) is 49.4 Å². The number of likely N-dealkylation sites (tertiary alicyclic amines) is 1. The fourth-order valence-corrected chi connectivity index (χ4v) is 3.97. The lowest BCUT2D eigenvalue weighted by molar-refractivity contribution is -0.120. The number of hydrogen-bond acceptors (Lipinski definition) is 3. The highest BCUT2D eigenvalue weighted by molar-refractivity contribution is 8.00. The number of aryl methyl sites for hydroxylation is 1. The molecule has 2 amide bonds. The molecule has 0 aliphatic carbocycles. The summed E-state index contributed by atoms with van der Waals surface area (Å²) in [4.78, 5) is 27.7. The van der Waals surface area contributed by atoms with E-state index in [2.05, 4.69) is 24.4 Å². The van der Waals surface area contributed by atoms with E-state index in [1.165, 1.54) is 5.56 Å². The summed E-state index contributed by atoms with van der Waals surface area (Å²) in [6, 6.07) is 15.7. The van der Waals surface area contributed by atoms with Gasteiger partial charge in [-0.3, -0.25) is 9.59 Å². The van der Waals surface area contributed by atoms with Crippen molar-refractivity contribution in [3.63, 3.8) is 0 Å². The van der Waals surface area contributed by atoms with E-state index in [4.69, 9.17) is 0 Å². The summed E-state index contributed by atoms with van der Waals surface area (Å²) < 4.78 is 0. The van der Waals surface area contributed by atoms with Crippen molar-refractivity contribution in [1.82, 2.24) is 10.2 Å². The molecule has 2 aromatic carbocycles. The lowest BCUT2D eigenvalue weighted by Gasteiger charge is -2.15. The Balaban J connectivity index is 1.49. The normalized spacial score (nSPS) is 14.8. The van der Waals surface area contributed by atoms with Gasteiger partial charge in [0.25, 0.3) is 5.91 Å². The van der Waals surface area contributed by atoms with Crippen molar-refractivity contribution in [3.05, 3.63) is 65.2 Å². The smallest absolute Gasteiger partial charge is 0.253 e. The molecule has 4 nitrogen and oxygen atoms in total. The number of amides is 2. The first kappa shape index (κ1) is 19.5. The third kappa shape index (κ3) is 5.36. The molecule has 1 saturated heterocycles. The minimum absolute atomic E-state index is 0.0118. The monoisotopic (exact) mass is 382 g/mol. The molecule has 0 bridgehead atoms. The fraction of sp³-hybridized carbons (Fsp3) is 0.364. The van der Waals surface area contributed by atoms with Gasteiger partial charge in [-0.05, 0) is 56.5 Å². The highest BCUT2D eigenvalue weighted by atomic mass is 32.2. The predicted molar refractivity (Wildman–Crippen MR) is 110 cm³/mol. The Kier molecular flexibility index (Phi) is 6.56. The molecule has 5 heteroatoms. The summed E-state index contributed by atoms with van der Waals surface area (Å²) in [6.45, 7) is 6.14. The van der Waals surface area contributed by atoms with Crippen LogP contribution in [0.3, 0.4) is 0 Å². The average Bonchev–Trinajstić information content (AvgIpc) is 3.22. The summed E-state index contributed by atoms with van der Waals surface area (Å²) in [5.41, 5.74) is 2.92. The molecule has 0 radical (unpaired) electrons. The van der Waals surface area contributed by atoms with E-state index in [0.717, 1.165) is 42.0 Å². The molecule has 1 atom stereocenters. The van der Waals surface area contributed by atoms with Gasteiger partial charge in [-0.2, -0.15) is 0 Å². The van der Waals surface area contributed by atoms with Gasteiger partial charge in [0.05, 0.1) is 5.25 Å². The number of hydrogen-bond donors (Lipinski definition) is 1. The van der Waals surface area contributed by atoms with Gasteiger partial charge in [0.1, 0.15) is 0 Å². The second kappa shape index (κ2) is 9.09. The van der Waals surface area contributed by atoms with Gasteiger partial charge in [0.2, 0.25) is 5.91 Å². The van der Waals surface area contributed by atoms with Gasteiger partial charge >= 0.3 is 0 Å². The van der Waals surface area contributed by atoms with Gasteiger partial charge in [0, 0.05) is 30.1 Å². The Labute approximate surface area is 165 Å². The number of thioether (sulfide) groups is 1. The maximum absolute atomic E-state index is 12.4. The van der Waals surface area contributed by atoms with Crippen LogP contribution in [0, 0.1) is 6.92 Å². The predicted octanol–water partition coefficient (Wildman–Crippen LogP) is 4.03. The maximum atomic E-state index is 12.4. The lowest BCUT2D eigenvalue weighted by atomic mass is 10.1. The molecule has 0 unspecified atom stereocenters. The molecule has 142 valence electrons. The van der Waals surface area contributed by atoms with Crippen molar-refractivity contribution >= 4 is 23.6 Å². The van der Waals surface area contributed by atoms with E-state index in [-0.39, 0.29) is 17.1 Å². The zero-order chi connectivity index (χ0) is 19.2. The number of rotatable bonds is 6. The van der Waals surface area contributed by atoms with Gasteiger partial charge < -0.3 is 10.2 Å². The summed E-state index contributed by atoms with van der Waals surface area (Å²) >= 11 is 1.55. The fourth-order valence-electron chi connectivity index (χ4n) is 3.08. The zero-order valence-electron chi connectivity index (χ0n) is 15.9. The highest BCUT2D eigenvalue weighted by Crippen LogP contribution is 2.23. The van der Waals surface area contributed by atoms with Crippen LogP contribution in [0.4, 0.5) is 0 Å². The molecule has 1 N–H and O–H groups in total. The Morgan fingerprint density at radius 2 is 1.67 bits per heavy atom. The van der Waals surface area contributed by atoms with Crippen LogP contribution in [-0.2, 0) is 11.3 Å². The first-order chi connectivity index (χ1) is 13.0. The zero-order valence-corrected chi connectivity index (χ0v) is 16.7. The molecule has 0 spiro atoms. The number of nitrogens with one attached hydrogen (secondary N) is 1. The summed E-state index contributed by atoms with van der Waals surface area (Å²) in [5.74, 6) is 0.115. The highest BCUT2D eigenvalue weighted by Gasteiger charge is 2.19. The standard InChI is InChI=1S/C22H26N2O2S/c1-16-5-11-20(12-6-16)27-17(2)21(25)23-15-18-7-9-19(10-8-18)22(26)24-13-3-4-14-24/h5-12,17H,3-4,13-15H2,1-2H3,(H,23,25)/t17-/m0/s1.